The average Bonchev–Trinajstić information content (AvgIpc) is 2.38. The minimum Gasteiger partial charge on any atom is -0.468 e. The van der Waals surface area contributed by atoms with E-state index in [0.29, 0.717) is 12.0 Å². The summed E-state index contributed by atoms with van der Waals surface area (Å²) in [6, 6.07) is 9.62. The monoisotopic (exact) mass is 260 g/mol. The zero-order valence-electron chi connectivity index (χ0n) is 11.0. The molecule has 0 fully saturated rings. The van der Waals surface area contributed by atoms with Crippen molar-refractivity contribution < 1.29 is 19.1 Å². The van der Waals surface area contributed by atoms with Crippen molar-refractivity contribution in [1.29, 1.82) is 0 Å². The van der Waals surface area contributed by atoms with Gasteiger partial charge in [-0.15, -0.1) is 0 Å². The fourth-order valence-electron chi connectivity index (χ4n) is 2.29. The number of cyclic esters (lactones) is 1. The first-order chi connectivity index (χ1) is 9.11. The molecule has 2 atom stereocenters. The minimum atomic E-state index is -0.525. The van der Waals surface area contributed by atoms with Gasteiger partial charge in [-0.3, -0.25) is 4.79 Å². The largest absolute Gasteiger partial charge is 0.468 e. The predicted molar refractivity (Wildman–Crippen MR) is 69.3 cm³/mol. The van der Waals surface area contributed by atoms with Gasteiger partial charge in [-0.05, 0) is 18.1 Å². The van der Waals surface area contributed by atoms with E-state index >= 15 is 0 Å². The Bertz CT molecular complexity index is 504. The number of benzene rings is 1. The molecule has 100 valence electrons. The topological polar surface area (TPSA) is 52.6 Å². The molecule has 19 heavy (non-hydrogen) atoms. The summed E-state index contributed by atoms with van der Waals surface area (Å²) in [5.74, 6) is -1.30. The first kappa shape index (κ1) is 13.3. The maximum absolute atomic E-state index is 11.8. The first-order valence-corrected chi connectivity index (χ1v) is 6.12. The fourth-order valence-corrected chi connectivity index (χ4v) is 2.29. The molecule has 0 amide bonds. The third-order valence-corrected chi connectivity index (χ3v) is 3.21. The van der Waals surface area contributed by atoms with Gasteiger partial charge in [0.1, 0.15) is 12.0 Å². The van der Waals surface area contributed by atoms with Crippen molar-refractivity contribution in [3.05, 3.63) is 47.5 Å². The highest BCUT2D eigenvalue weighted by atomic mass is 16.6. The van der Waals surface area contributed by atoms with Crippen LogP contribution in [0.5, 0.6) is 0 Å². The lowest BCUT2D eigenvalue weighted by molar-refractivity contribution is -0.157. The third kappa shape index (κ3) is 3.02. The zero-order chi connectivity index (χ0) is 13.8. The molecule has 0 bridgehead atoms. The lowest BCUT2D eigenvalue weighted by atomic mass is 9.88. The summed E-state index contributed by atoms with van der Waals surface area (Å²) in [5, 5.41) is 0. The van der Waals surface area contributed by atoms with Crippen molar-refractivity contribution in [2.45, 2.75) is 19.4 Å². The SMILES string of the molecule is COC(=O)[C@@H]1C(C)=CC(=O)O[C@@H]1Cc1ccccc1. The number of esters is 2. The molecule has 0 aliphatic carbocycles. The van der Waals surface area contributed by atoms with E-state index in [2.05, 4.69) is 0 Å². The van der Waals surface area contributed by atoms with Crippen LogP contribution in [-0.4, -0.2) is 25.2 Å². The minimum absolute atomic E-state index is 0.373. The maximum Gasteiger partial charge on any atom is 0.331 e. The van der Waals surface area contributed by atoms with Crippen LogP contribution in [0.25, 0.3) is 0 Å². The van der Waals surface area contributed by atoms with E-state index in [1.165, 1.54) is 13.2 Å². The molecule has 1 aliphatic rings. The molecule has 4 heteroatoms. The van der Waals surface area contributed by atoms with Crippen molar-refractivity contribution >= 4 is 11.9 Å². The van der Waals surface area contributed by atoms with E-state index in [-0.39, 0.29) is 5.97 Å². The molecule has 1 aliphatic heterocycles. The van der Waals surface area contributed by atoms with Crippen molar-refractivity contribution in [2.75, 3.05) is 7.11 Å². The van der Waals surface area contributed by atoms with Crippen LogP contribution in [0.15, 0.2) is 42.0 Å². The molecule has 0 N–H and O–H groups in total. The van der Waals surface area contributed by atoms with Gasteiger partial charge in [0, 0.05) is 12.5 Å². The van der Waals surface area contributed by atoms with E-state index in [0.717, 1.165) is 5.56 Å². The fraction of sp³-hybridized carbons (Fsp3) is 0.333. The van der Waals surface area contributed by atoms with Crippen LogP contribution in [0.2, 0.25) is 0 Å². The van der Waals surface area contributed by atoms with Crippen molar-refractivity contribution in [3.8, 4) is 0 Å². The number of ether oxygens (including phenoxy) is 2. The standard InChI is InChI=1S/C15H16O4/c1-10-8-13(16)19-12(14(10)15(17)18-2)9-11-6-4-3-5-7-11/h3-8,12,14H,9H2,1-2H3/t12-,14-/m1/s1. The van der Waals surface area contributed by atoms with Crippen molar-refractivity contribution in [3.63, 3.8) is 0 Å². The Kier molecular flexibility index (Phi) is 4.00. The van der Waals surface area contributed by atoms with Crippen LogP contribution < -0.4 is 0 Å². The van der Waals surface area contributed by atoms with Gasteiger partial charge in [0.15, 0.2) is 0 Å². The lowest BCUT2D eigenvalue weighted by Gasteiger charge is -2.29. The van der Waals surface area contributed by atoms with E-state index < -0.39 is 18.0 Å². The molecule has 0 aromatic heterocycles. The molecule has 0 unspecified atom stereocenters. The highest BCUT2D eigenvalue weighted by Crippen LogP contribution is 2.26. The van der Waals surface area contributed by atoms with Gasteiger partial charge in [-0.2, -0.15) is 0 Å². The Balaban J connectivity index is 2.23. The smallest absolute Gasteiger partial charge is 0.331 e. The Hall–Kier alpha value is -2.10. The molecular weight excluding hydrogens is 244 g/mol. The second-order valence-electron chi connectivity index (χ2n) is 4.55. The van der Waals surface area contributed by atoms with E-state index in [1.807, 2.05) is 30.3 Å². The summed E-state index contributed by atoms with van der Waals surface area (Å²) < 4.78 is 10.1. The quantitative estimate of drug-likeness (QED) is 0.779. The number of hydrogen-bond donors (Lipinski definition) is 0. The molecule has 4 nitrogen and oxygen atoms in total. The number of hydrogen-bond acceptors (Lipinski definition) is 4. The van der Waals surface area contributed by atoms with Crippen LogP contribution in [0.3, 0.4) is 0 Å². The normalized spacial score (nSPS) is 22.4. The highest BCUT2D eigenvalue weighted by molar-refractivity contribution is 5.88. The van der Waals surface area contributed by atoms with Gasteiger partial charge >= 0.3 is 11.9 Å². The molecular formula is C15H16O4. The second kappa shape index (κ2) is 5.69. The molecule has 0 saturated carbocycles. The zero-order valence-corrected chi connectivity index (χ0v) is 11.0. The summed E-state index contributed by atoms with van der Waals surface area (Å²) in [6.45, 7) is 1.75. The molecule has 1 heterocycles. The molecule has 0 saturated heterocycles. The third-order valence-electron chi connectivity index (χ3n) is 3.21. The number of rotatable bonds is 3. The van der Waals surface area contributed by atoms with Gasteiger partial charge in [0.25, 0.3) is 0 Å². The predicted octanol–water partition coefficient (Wildman–Crippen LogP) is 1.89. The van der Waals surface area contributed by atoms with E-state index in [4.69, 9.17) is 9.47 Å². The average molecular weight is 260 g/mol. The second-order valence-corrected chi connectivity index (χ2v) is 4.55. The molecule has 0 radical (unpaired) electrons. The van der Waals surface area contributed by atoms with Crippen LogP contribution >= 0.6 is 0 Å². The molecule has 1 aromatic carbocycles. The van der Waals surface area contributed by atoms with Crippen LogP contribution in [0.1, 0.15) is 12.5 Å². The van der Waals surface area contributed by atoms with Gasteiger partial charge in [-0.1, -0.05) is 30.3 Å². The van der Waals surface area contributed by atoms with Gasteiger partial charge < -0.3 is 9.47 Å². The lowest BCUT2D eigenvalue weighted by Crippen LogP contribution is -2.38. The number of carbonyl (C=O) groups is 2. The summed E-state index contributed by atoms with van der Waals surface area (Å²) >= 11 is 0. The molecule has 2 rings (SSSR count). The molecule has 1 aromatic rings. The van der Waals surface area contributed by atoms with E-state index in [1.54, 1.807) is 6.92 Å². The van der Waals surface area contributed by atoms with Crippen molar-refractivity contribution in [1.82, 2.24) is 0 Å². The van der Waals surface area contributed by atoms with Gasteiger partial charge in [-0.25, -0.2) is 4.79 Å². The number of carbonyl (C=O) groups excluding carboxylic acids is 2. The first-order valence-electron chi connectivity index (χ1n) is 6.12. The Morgan fingerprint density at radius 1 is 1.32 bits per heavy atom. The van der Waals surface area contributed by atoms with Gasteiger partial charge in [0.05, 0.1) is 7.11 Å². The van der Waals surface area contributed by atoms with Crippen LogP contribution in [0, 0.1) is 5.92 Å². The van der Waals surface area contributed by atoms with Crippen LogP contribution in [-0.2, 0) is 25.5 Å². The Morgan fingerprint density at radius 2 is 2.00 bits per heavy atom. The number of methoxy groups -OCH3 is 1. The van der Waals surface area contributed by atoms with Crippen molar-refractivity contribution in [2.24, 2.45) is 5.92 Å². The summed E-state index contributed by atoms with van der Waals surface area (Å²) in [6.07, 6.45) is 1.34. The summed E-state index contributed by atoms with van der Waals surface area (Å²) in [4.78, 5) is 23.3. The van der Waals surface area contributed by atoms with E-state index in [9.17, 15) is 9.59 Å². The Morgan fingerprint density at radius 3 is 2.63 bits per heavy atom. The summed E-state index contributed by atoms with van der Waals surface area (Å²) in [5.41, 5.74) is 1.70. The van der Waals surface area contributed by atoms with Gasteiger partial charge in [0.2, 0.25) is 0 Å². The molecule has 0 spiro atoms. The highest BCUT2D eigenvalue weighted by Gasteiger charge is 2.36. The Labute approximate surface area is 112 Å². The summed E-state index contributed by atoms with van der Waals surface area (Å²) in [7, 11) is 1.34. The maximum atomic E-state index is 11.8. The van der Waals surface area contributed by atoms with Crippen LogP contribution in [0.4, 0.5) is 0 Å².